The van der Waals surface area contributed by atoms with E-state index in [2.05, 4.69) is 77.2 Å². The maximum absolute atomic E-state index is 13.5. The van der Waals surface area contributed by atoms with Crippen molar-refractivity contribution in [2.45, 2.75) is 77.8 Å². The van der Waals surface area contributed by atoms with Crippen molar-refractivity contribution in [1.82, 2.24) is 14.9 Å². The van der Waals surface area contributed by atoms with Crippen molar-refractivity contribution < 1.29 is 4.79 Å². The van der Waals surface area contributed by atoms with Crippen LogP contribution in [-0.2, 0) is 11.3 Å². The van der Waals surface area contributed by atoms with Gasteiger partial charge in [0, 0.05) is 25.0 Å². The molecule has 5 fully saturated rings. The molecule has 2 heterocycles. The van der Waals surface area contributed by atoms with E-state index in [1.807, 2.05) is 0 Å². The summed E-state index contributed by atoms with van der Waals surface area (Å²) in [6, 6.07) is 17.4. The normalized spacial score (nSPS) is 29.6. The molecule has 1 atom stereocenters. The fraction of sp³-hybridized carbons (Fsp3) is 0.576. The number of carbonyl (C=O) groups is 1. The van der Waals surface area contributed by atoms with Crippen LogP contribution >= 0.6 is 0 Å². The third-order valence-electron chi connectivity index (χ3n) is 10.7. The Morgan fingerprint density at radius 3 is 2.29 bits per heavy atom. The lowest BCUT2D eigenvalue weighted by molar-refractivity contribution is -0.130. The summed E-state index contributed by atoms with van der Waals surface area (Å²) in [5, 5.41) is 3.55. The van der Waals surface area contributed by atoms with Crippen LogP contribution < -0.4 is 10.2 Å². The number of para-hydroxylation sites is 2. The van der Waals surface area contributed by atoms with Crippen molar-refractivity contribution in [2.24, 2.45) is 29.1 Å². The zero-order chi connectivity index (χ0) is 25.9. The van der Waals surface area contributed by atoms with E-state index >= 15 is 0 Å². The molecule has 2 aromatic carbocycles. The average Bonchev–Trinajstić information content (AvgIpc) is 3.27. The first-order valence-electron chi connectivity index (χ1n) is 15.0. The monoisotopic (exact) mass is 510 g/mol. The smallest absolute Gasteiger partial charge is 0.223 e. The molecule has 0 spiro atoms. The number of piperidine rings is 1. The first kappa shape index (κ1) is 24.2. The van der Waals surface area contributed by atoms with Crippen molar-refractivity contribution in [3.05, 3.63) is 59.7 Å². The minimum Gasteiger partial charge on any atom is -0.353 e. The molecule has 38 heavy (non-hydrogen) atoms. The Morgan fingerprint density at radius 2 is 1.61 bits per heavy atom. The molecule has 8 rings (SSSR count). The van der Waals surface area contributed by atoms with Gasteiger partial charge in [0.15, 0.2) is 0 Å². The van der Waals surface area contributed by atoms with Crippen LogP contribution in [0, 0.1) is 36.0 Å². The quantitative estimate of drug-likeness (QED) is 0.422. The molecule has 1 aliphatic heterocycles. The van der Waals surface area contributed by atoms with Crippen LogP contribution in [0.1, 0.15) is 69.4 Å². The number of aryl methyl sites for hydroxylation is 1. The van der Waals surface area contributed by atoms with Crippen LogP contribution in [0.25, 0.3) is 11.0 Å². The number of carbonyl (C=O) groups excluding carboxylic acids is 1. The SMILES string of the molecule is Cc1ccccc1Cn1c(N2CCC(C(=O)NC(C)C34CC5CC(CC(C5)C3)C4)CC2)nc2ccccc21. The topological polar surface area (TPSA) is 50.2 Å². The standard InChI is InChI=1S/C33H42N4O/c1-22-7-3-4-8-28(22)21-37-30-10-6-5-9-29(30)35-32(37)36-13-11-27(12-14-36)31(38)34-23(2)33-18-24-15-25(19-33)17-26(16-24)20-33/h3-10,23-27H,11-21H2,1-2H3,(H,34,38). The molecule has 4 bridgehead atoms. The number of rotatable bonds is 6. The van der Waals surface area contributed by atoms with Crippen molar-refractivity contribution in [3.8, 4) is 0 Å². The molecule has 4 saturated carbocycles. The molecule has 5 nitrogen and oxygen atoms in total. The molecular formula is C33H42N4O. The molecule has 5 heteroatoms. The summed E-state index contributed by atoms with van der Waals surface area (Å²) < 4.78 is 2.37. The van der Waals surface area contributed by atoms with Crippen LogP contribution in [0.15, 0.2) is 48.5 Å². The summed E-state index contributed by atoms with van der Waals surface area (Å²) in [5.41, 5.74) is 5.21. The number of imidazole rings is 1. The molecule has 5 aliphatic rings. The van der Waals surface area contributed by atoms with Gasteiger partial charge in [-0.05, 0) is 112 Å². The lowest BCUT2D eigenvalue weighted by atomic mass is 9.48. The third kappa shape index (κ3) is 4.23. The molecule has 1 unspecified atom stereocenters. The van der Waals surface area contributed by atoms with E-state index in [1.165, 1.54) is 55.2 Å². The number of anilines is 1. The third-order valence-corrected chi connectivity index (χ3v) is 10.7. The van der Waals surface area contributed by atoms with Crippen molar-refractivity contribution in [1.29, 1.82) is 0 Å². The molecule has 3 aromatic rings. The number of amides is 1. The maximum Gasteiger partial charge on any atom is 0.223 e. The van der Waals surface area contributed by atoms with E-state index in [0.717, 1.165) is 61.7 Å². The summed E-state index contributed by atoms with van der Waals surface area (Å²) in [6.45, 7) is 7.06. The van der Waals surface area contributed by atoms with Gasteiger partial charge in [-0.15, -0.1) is 0 Å². The van der Waals surface area contributed by atoms with Gasteiger partial charge in [0.2, 0.25) is 11.9 Å². The summed E-state index contributed by atoms with van der Waals surface area (Å²) in [6.07, 6.45) is 10.2. The lowest BCUT2D eigenvalue weighted by Gasteiger charge is -2.59. The summed E-state index contributed by atoms with van der Waals surface area (Å²) >= 11 is 0. The van der Waals surface area contributed by atoms with Gasteiger partial charge in [-0.1, -0.05) is 36.4 Å². The highest BCUT2D eigenvalue weighted by Crippen LogP contribution is 2.61. The second-order valence-electron chi connectivity index (χ2n) is 13.2. The fourth-order valence-corrected chi connectivity index (χ4v) is 8.95. The van der Waals surface area contributed by atoms with E-state index in [0.29, 0.717) is 17.4 Å². The molecule has 1 saturated heterocycles. The van der Waals surface area contributed by atoms with Gasteiger partial charge in [0.25, 0.3) is 0 Å². The van der Waals surface area contributed by atoms with Gasteiger partial charge in [-0.2, -0.15) is 0 Å². The maximum atomic E-state index is 13.5. The number of aromatic nitrogens is 2. The lowest BCUT2D eigenvalue weighted by Crippen LogP contribution is -2.56. The van der Waals surface area contributed by atoms with E-state index in [1.54, 1.807) is 0 Å². The van der Waals surface area contributed by atoms with Gasteiger partial charge >= 0.3 is 0 Å². The van der Waals surface area contributed by atoms with E-state index in [4.69, 9.17) is 4.98 Å². The van der Waals surface area contributed by atoms with Gasteiger partial charge < -0.3 is 14.8 Å². The summed E-state index contributed by atoms with van der Waals surface area (Å²) in [4.78, 5) is 21.0. The second kappa shape index (κ2) is 9.43. The van der Waals surface area contributed by atoms with Gasteiger partial charge in [-0.3, -0.25) is 4.79 Å². The zero-order valence-electron chi connectivity index (χ0n) is 23.0. The van der Waals surface area contributed by atoms with E-state index in [9.17, 15) is 4.79 Å². The van der Waals surface area contributed by atoms with Crippen LogP contribution in [0.5, 0.6) is 0 Å². The average molecular weight is 511 g/mol. The number of hydrogen-bond acceptors (Lipinski definition) is 3. The fourth-order valence-electron chi connectivity index (χ4n) is 8.95. The van der Waals surface area contributed by atoms with Crippen LogP contribution in [0.4, 0.5) is 5.95 Å². The molecule has 1 amide bonds. The molecule has 1 N–H and O–H groups in total. The number of nitrogens with zero attached hydrogens (tertiary/aromatic N) is 3. The largest absolute Gasteiger partial charge is 0.353 e. The van der Waals surface area contributed by atoms with E-state index < -0.39 is 0 Å². The van der Waals surface area contributed by atoms with Crippen molar-refractivity contribution in [2.75, 3.05) is 18.0 Å². The Balaban J connectivity index is 1.04. The second-order valence-corrected chi connectivity index (χ2v) is 13.2. The minimum atomic E-state index is 0.108. The Bertz CT molecular complexity index is 1300. The number of hydrogen-bond donors (Lipinski definition) is 1. The highest BCUT2D eigenvalue weighted by molar-refractivity contribution is 5.80. The number of fused-ring (bicyclic) bond motifs is 1. The van der Waals surface area contributed by atoms with E-state index in [-0.39, 0.29) is 5.92 Å². The Hall–Kier alpha value is -2.82. The molecular weight excluding hydrogens is 468 g/mol. The Kier molecular flexibility index (Phi) is 6.01. The predicted octanol–water partition coefficient (Wildman–Crippen LogP) is 6.33. The number of nitrogens with one attached hydrogen (secondary N) is 1. The summed E-state index contributed by atoms with van der Waals surface area (Å²) in [5.74, 6) is 4.20. The highest BCUT2D eigenvalue weighted by Gasteiger charge is 2.53. The number of benzene rings is 2. The Morgan fingerprint density at radius 1 is 0.974 bits per heavy atom. The molecule has 200 valence electrons. The van der Waals surface area contributed by atoms with Crippen molar-refractivity contribution >= 4 is 22.9 Å². The Labute approximate surface area is 227 Å². The molecule has 4 aliphatic carbocycles. The van der Waals surface area contributed by atoms with Gasteiger partial charge in [0.1, 0.15) is 0 Å². The minimum absolute atomic E-state index is 0.108. The van der Waals surface area contributed by atoms with Crippen LogP contribution in [0.2, 0.25) is 0 Å². The van der Waals surface area contributed by atoms with Crippen LogP contribution in [-0.4, -0.2) is 34.6 Å². The molecule has 1 aromatic heterocycles. The highest BCUT2D eigenvalue weighted by atomic mass is 16.2. The predicted molar refractivity (Wildman–Crippen MR) is 153 cm³/mol. The van der Waals surface area contributed by atoms with Gasteiger partial charge in [0.05, 0.1) is 17.6 Å². The van der Waals surface area contributed by atoms with Crippen LogP contribution in [0.3, 0.4) is 0 Å². The van der Waals surface area contributed by atoms with Crippen molar-refractivity contribution in [3.63, 3.8) is 0 Å². The molecule has 0 radical (unpaired) electrons. The first-order valence-corrected chi connectivity index (χ1v) is 15.0. The van der Waals surface area contributed by atoms with Gasteiger partial charge in [-0.25, -0.2) is 4.98 Å². The zero-order valence-corrected chi connectivity index (χ0v) is 23.0. The summed E-state index contributed by atoms with van der Waals surface area (Å²) in [7, 11) is 0. The first-order chi connectivity index (χ1) is 18.5.